The van der Waals surface area contributed by atoms with Crippen LogP contribution >= 0.6 is 0 Å². The maximum absolute atomic E-state index is 14.9. The van der Waals surface area contributed by atoms with Crippen LogP contribution in [-0.4, -0.2) is 0 Å². The molecule has 0 aliphatic rings. The minimum Gasteiger partial charge on any atom is -0.206 e. The average molecular weight is 453 g/mol. The van der Waals surface area contributed by atoms with E-state index in [1.54, 1.807) is 18.2 Å². The maximum atomic E-state index is 14.9. The molecule has 0 amide bonds. The fourth-order valence-corrected chi connectivity index (χ4v) is 4.27. The van der Waals surface area contributed by atoms with Gasteiger partial charge < -0.3 is 0 Å². The molecule has 0 fully saturated rings. The lowest BCUT2D eigenvalue weighted by atomic mass is 9.96. The molecular formula is C30H35F3. The van der Waals surface area contributed by atoms with Gasteiger partial charge in [0.1, 0.15) is 5.82 Å². The Morgan fingerprint density at radius 2 is 1.15 bits per heavy atom. The Hall–Kier alpha value is -2.55. The Morgan fingerprint density at radius 3 is 1.85 bits per heavy atom. The van der Waals surface area contributed by atoms with Crippen LogP contribution in [0.3, 0.4) is 0 Å². The van der Waals surface area contributed by atoms with Gasteiger partial charge in [-0.15, -0.1) is 0 Å². The van der Waals surface area contributed by atoms with Crippen LogP contribution in [0.2, 0.25) is 0 Å². The van der Waals surface area contributed by atoms with E-state index >= 15 is 0 Å². The molecule has 0 aliphatic carbocycles. The molecule has 3 rings (SSSR count). The number of unbranched alkanes of at least 4 members (excludes halogenated alkanes) is 6. The highest BCUT2D eigenvalue weighted by atomic mass is 19.2. The minimum absolute atomic E-state index is 0.0331. The highest BCUT2D eigenvalue weighted by molar-refractivity contribution is 5.71. The molecule has 0 aliphatic heterocycles. The third kappa shape index (κ3) is 6.72. The first-order valence-electron chi connectivity index (χ1n) is 12.4. The normalized spacial score (nSPS) is 11.2. The smallest absolute Gasteiger partial charge is 0.167 e. The summed E-state index contributed by atoms with van der Waals surface area (Å²) in [5, 5.41) is 0. The highest BCUT2D eigenvalue weighted by Gasteiger charge is 2.17. The van der Waals surface area contributed by atoms with E-state index in [0.29, 0.717) is 12.0 Å². The average Bonchev–Trinajstić information content (AvgIpc) is 2.83. The number of aryl methyl sites for hydroxylation is 2. The predicted octanol–water partition coefficient (Wildman–Crippen LogP) is 9.68. The van der Waals surface area contributed by atoms with E-state index in [9.17, 15) is 13.2 Å². The van der Waals surface area contributed by atoms with E-state index in [-0.39, 0.29) is 11.1 Å². The molecule has 0 N–H and O–H groups in total. The quantitative estimate of drug-likeness (QED) is 0.240. The predicted molar refractivity (Wildman–Crippen MR) is 133 cm³/mol. The SMILES string of the molecule is CCCCCCCc1ccc(-c2ccc(-c3ccc(CCCCC)c(F)c3F)c(F)c2)cc1. The van der Waals surface area contributed by atoms with E-state index in [1.165, 1.54) is 49.8 Å². The molecule has 0 radical (unpaired) electrons. The molecule has 3 aromatic rings. The van der Waals surface area contributed by atoms with E-state index in [4.69, 9.17) is 0 Å². The lowest BCUT2D eigenvalue weighted by Gasteiger charge is -2.11. The summed E-state index contributed by atoms with van der Waals surface area (Å²) in [6.07, 6.45) is 10.6. The van der Waals surface area contributed by atoms with Crippen LogP contribution in [0, 0.1) is 17.5 Å². The van der Waals surface area contributed by atoms with Crippen LogP contribution in [-0.2, 0) is 12.8 Å². The maximum Gasteiger partial charge on any atom is 0.167 e. The second-order valence-corrected chi connectivity index (χ2v) is 8.91. The second-order valence-electron chi connectivity index (χ2n) is 8.91. The van der Waals surface area contributed by atoms with Crippen LogP contribution in [0.15, 0.2) is 54.6 Å². The van der Waals surface area contributed by atoms with Gasteiger partial charge in [0.05, 0.1) is 0 Å². The molecule has 0 nitrogen and oxygen atoms in total. The Kier molecular flexibility index (Phi) is 9.60. The van der Waals surface area contributed by atoms with Crippen molar-refractivity contribution < 1.29 is 13.2 Å². The molecule has 0 heterocycles. The zero-order chi connectivity index (χ0) is 23.6. The molecule has 0 aromatic heterocycles. The van der Waals surface area contributed by atoms with Gasteiger partial charge in [0.25, 0.3) is 0 Å². The van der Waals surface area contributed by atoms with Gasteiger partial charge in [-0.3, -0.25) is 0 Å². The summed E-state index contributed by atoms with van der Waals surface area (Å²) in [7, 11) is 0. The number of halogens is 3. The summed E-state index contributed by atoms with van der Waals surface area (Å²) < 4.78 is 44.2. The van der Waals surface area contributed by atoms with E-state index in [2.05, 4.69) is 26.0 Å². The van der Waals surface area contributed by atoms with Crippen molar-refractivity contribution in [3.05, 3.63) is 83.2 Å². The van der Waals surface area contributed by atoms with Gasteiger partial charge in [-0.25, -0.2) is 13.2 Å². The Labute approximate surface area is 196 Å². The van der Waals surface area contributed by atoms with Crippen LogP contribution in [0.25, 0.3) is 22.3 Å². The number of rotatable bonds is 12. The fourth-order valence-electron chi connectivity index (χ4n) is 4.27. The fraction of sp³-hybridized carbons (Fsp3) is 0.400. The van der Waals surface area contributed by atoms with Crippen molar-refractivity contribution in [2.45, 2.75) is 78.1 Å². The molecular weight excluding hydrogens is 417 g/mol. The van der Waals surface area contributed by atoms with Crippen molar-refractivity contribution in [1.82, 2.24) is 0 Å². The summed E-state index contributed by atoms with van der Waals surface area (Å²) in [5.41, 5.74) is 3.32. The van der Waals surface area contributed by atoms with Crippen molar-refractivity contribution in [2.24, 2.45) is 0 Å². The van der Waals surface area contributed by atoms with E-state index in [1.807, 2.05) is 12.1 Å². The lowest BCUT2D eigenvalue weighted by molar-refractivity contribution is 0.497. The summed E-state index contributed by atoms with van der Waals surface area (Å²) in [4.78, 5) is 0. The summed E-state index contributed by atoms with van der Waals surface area (Å²) >= 11 is 0. The Balaban J connectivity index is 1.72. The van der Waals surface area contributed by atoms with Gasteiger partial charge in [0.2, 0.25) is 0 Å². The van der Waals surface area contributed by atoms with Crippen molar-refractivity contribution in [2.75, 3.05) is 0 Å². The number of hydrogen-bond acceptors (Lipinski definition) is 0. The zero-order valence-corrected chi connectivity index (χ0v) is 19.9. The Morgan fingerprint density at radius 1 is 0.545 bits per heavy atom. The summed E-state index contributed by atoms with van der Waals surface area (Å²) in [6.45, 7) is 4.28. The first-order valence-corrected chi connectivity index (χ1v) is 12.4. The number of benzene rings is 3. The Bertz CT molecular complexity index is 1020. The minimum atomic E-state index is -0.973. The van der Waals surface area contributed by atoms with Gasteiger partial charge in [-0.1, -0.05) is 101 Å². The van der Waals surface area contributed by atoms with Crippen LogP contribution < -0.4 is 0 Å². The third-order valence-electron chi connectivity index (χ3n) is 6.33. The van der Waals surface area contributed by atoms with Crippen molar-refractivity contribution in [3.63, 3.8) is 0 Å². The van der Waals surface area contributed by atoms with Crippen molar-refractivity contribution in [1.29, 1.82) is 0 Å². The molecule has 33 heavy (non-hydrogen) atoms. The van der Waals surface area contributed by atoms with E-state index in [0.717, 1.165) is 36.8 Å². The van der Waals surface area contributed by atoms with Crippen molar-refractivity contribution >= 4 is 0 Å². The first-order chi connectivity index (χ1) is 16.0. The number of hydrogen-bond donors (Lipinski definition) is 0. The molecule has 0 saturated carbocycles. The van der Waals surface area contributed by atoms with Crippen LogP contribution in [0.1, 0.15) is 76.3 Å². The topological polar surface area (TPSA) is 0 Å². The molecule has 0 saturated heterocycles. The first kappa shape index (κ1) is 25.1. The van der Waals surface area contributed by atoms with Crippen molar-refractivity contribution in [3.8, 4) is 22.3 Å². The molecule has 0 atom stereocenters. The van der Waals surface area contributed by atoms with E-state index < -0.39 is 17.5 Å². The molecule has 0 bridgehead atoms. The third-order valence-corrected chi connectivity index (χ3v) is 6.33. The molecule has 0 unspecified atom stereocenters. The van der Waals surface area contributed by atoms with Gasteiger partial charge in [-0.05, 0) is 54.0 Å². The molecule has 0 spiro atoms. The van der Waals surface area contributed by atoms with Gasteiger partial charge >= 0.3 is 0 Å². The largest absolute Gasteiger partial charge is 0.206 e. The van der Waals surface area contributed by atoms with Gasteiger partial charge in [0, 0.05) is 11.1 Å². The van der Waals surface area contributed by atoms with Gasteiger partial charge in [-0.2, -0.15) is 0 Å². The zero-order valence-electron chi connectivity index (χ0n) is 19.9. The summed E-state index contributed by atoms with van der Waals surface area (Å²) in [5.74, 6) is -2.39. The van der Waals surface area contributed by atoms with Crippen LogP contribution in [0.5, 0.6) is 0 Å². The van der Waals surface area contributed by atoms with Gasteiger partial charge in [0.15, 0.2) is 11.6 Å². The molecule has 3 heteroatoms. The second kappa shape index (κ2) is 12.6. The monoisotopic (exact) mass is 452 g/mol. The van der Waals surface area contributed by atoms with Crippen LogP contribution in [0.4, 0.5) is 13.2 Å². The highest BCUT2D eigenvalue weighted by Crippen LogP contribution is 2.32. The molecule has 176 valence electrons. The molecule has 3 aromatic carbocycles. The summed E-state index contributed by atoms with van der Waals surface area (Å²) in [6, 6.07) is 16.0. The lowest BCUT2D eigenvalue weighted by Crippen LogP contribution is -1.99. The standard InChI is InChI=1S/C30H35F3/c1-3-5-7-8-10-11-22-13-15-23(16-14-22)25-18-19-26(28(31)21-25)27-20-17-24(12-9-6-4-2)29(32)30(27)33/h13-21H,3-12H2,1-2H3.